The minimum atomic E-state index is -1.32. The zero-order chi connectivity index (χ0) is 38.7. The van der Waals surface area contributed by atoms with Crippen LogP contribution in [0.5, 0.6) is 11.5 Å². The molecule has 0 aromatic heterocycles. The summed E-state index contributed by atoms with van der Waals surface area (Å²) in [5, 5.41) is 17.6. The van der Waals surface area contributed by atoms with Crippen molar-refractivity contribution in [2.24, 2.45) is 0 Å². The molecule has 2 atom stereocenters. The molecule has 0 amide bonds. The van der Waals surface area contributed by atoms with Crippen LogP contribution in [-0.4, -0.2) is 117 Å². The Bertz CT molecular complexity index is 1510. The summed E-state index contributed by atoms with van der Waals surface area (Å²) in [6.45, 7) is -0.880. The predicted molar refractivity (Wildman–Crippen MR) is 205 cm³/mol. The number of carbonyl (C=O) groups is 6. The lowest BCUT2D eigenvalue weighted by molar-refractivity contribution is -0.156. The van der Waals surface area contributed by atoms with Crippen molar-refractivity contribution < 1.29 is 67.4 Å². The summed E-state index contributed by atoms with van der Waals surface area (Å²) in [7, 11) is 0. The monoisotopic (exact) mass is 822 g/mol. The molecule has 2 fully saturated rings. The van der Waals surface area contributed by atoms with E-state index in [1.165, 1.54) is 47.0 Å². The van der Waals surface area contributed by atoms with Crippen LogP contribution in [0.25, 0.3) is 11.1 Å². The van der Waals surface area contributed by atoms with E-state index >= 15 is 0 Å². The van der Waals surface area contributed by atoms with Gasteiger partial charge in [-0.1, -0.05) is 24.3 Å². The zero-order valence-corrected chi connectivity index (χ0v) is 32.0. The first-order valence-corrected chi connectivity index (χ1v) is 20.7. The molecule has 18 heteroatoms. The highest BCUT2D eigenvalue weighted by molar-refractivity contribution is 8.19. The lowest BCUT2D eigenvalue weighted by Gasteiger charge is -2.22. The van der Waals surface area contributed by atoms with Crippen LogP contribution in [-0.2, 0) is 47.7 Å². The third-order valence-electron chi connectivity index (χ3n) is 7.07. The summed E-state index contributed by atoms with van der Waals surface area (Å²) in [5.41, 5.74) is 1.66. The molecule has 4 rings (SSSR count). The molecule has 2 aliphatic heterocycles. The Morgan fingerprint density at radius 2 is 0.907 bits per heavy atom. The topological polar surface area (TPSA) is 198 Å². The van der Waals surface area contributed by atoms with Crippen molar-refractivity contribution in [3.8, 4) is 22.6 Å². The van der Waals surface area contributed by atoms with E-state index in [9.17, 15) is 28.8 Å². The quantitative estimate of drug-likeness (QED) is 0.112. The average molecular weight is 823 g/mol. The van der Waals surface area contributed by atoms with Crippen molar-refractivity contribution in [2.75, 3.05) is 49.4 Å². The fraction of sp³-hybridized carbons (Fsp3) is 0.389. The van der Waals surface area contributed by atoms with Crippen molar-refractivity contribution in [3.63, 3.8) is 0 Å². The molecule has 2 saturated heterocycles. The lowest BCUT2D eigenvalue weighted by Crippen LogP contribution is -2.32. The number of carboxylic acids is 2. The Balaban J connectivity index is 1.31. The zero-order valence-electron chi connectivity index (χ0n) is 28.7. The molecule has 2 aromatic rings. The maximum Gasteiger partial charge on any atom is 0.331 e. The minimum absolute atomic E-state index is 0.167. The van der Waals surface area contributed by atoms with Gasteiger partial charge < -0.3 is 38.6 Å². The number of thioether (sulfide) groups is 4. The van der Waals surface area contributed by atoms with Crippen molar-refractivity contribution in [2.45, 2.75) is 34.2 Å². The van der Waals surface area contributed by atoms with Gasteiger partial charge in [0.05, 0.1) is 0 Å². The molecule has 2 aliphatic rings. The molecular weight excluding hydrogens is 785 g/mol. The van der Waals surface area contributed by atoms with E-state index < -0.39 is 48.0 Å². The highest BCUT2D eigenvalue weighted by atomic mass is 32.2. The van der Waals surface area contributed by atoms with Crippen molar-refractivity contribution in [1.29, 1.82) is 0 Å². The maximum atomic E-state index is 12.5. The Hall–Kier alpha value is -4.26. The van der Waals surface area contributed by atoms with E-state index in [-0.39, 0.29) is 35.6 Å². The number of ether oxygens (including phenoxy) is 6. The number of hydrogen-bond donors (Lipinski definition) is 2. The fourth-order valence-electron chi connectivity index (χ4n) is 4.52. The second kappa shape index (κ2) is 22.8. The van der Waals surface area contributed by atoms with Crippen LogP contribution < -0.4 is 9.47 Å². The van der Waals surface area contributed by atoms with Gasteiger partial charge in [0.25, 0.3) is 0 Å². The minimum Gasteiger partial charge on any atom is -0.490 e. The second-order valence-corrected chi connectivity index (χ2v) is 16.7. The largest absolute Gasteiger partial charge is 0.490 e. The Morgan fingerprint density at radius 3 is 1.24 bits per heavy atom. The van der Waals surface area contributed by atoms with Gasteiger partial charge in [-0.2, -0.15) is 0 Å². The summed E-state index contributed by atoms with van der Waals surface area (Å²) < 4.78 is 32.3. The number of carboxylic acid groups (broad SMARTS) is 2. The van der Waals surface area contributed by atoms with Crippen LogP contribution in [0.4, 0.5) is 0 Å². The molecule has 2 heterocycles. The van der Waals surface area contributed by atoms with Gasteiger partial charge in [-0.3, -0.25) is 0 Å². The molecule has 2 aromatic carbocycles. The SMILES string of the molecule is O=C(O)/C=C/C(=O)OC(COC(=O)C1SCCCS1)COc1ccc(-c2ccc(OCC(COC(=O)C3SCCCS3)OC(=O)/C=C/C(=O)O)cc2)cc1. The number of benzene rings is 2. The molecule has 290 valence electrons. The number of carbonyl (C=O) groups excluding carboxylic acids is 4. The molecule has 0 bridgehead atoms. The Morgan fingerprint density at radius 1 is 0.556 bits per heavy atom. The lowest BCUT2D eigenvalue weighted by atomic mass is 10.1. The van der Waals surface area contributed by atoms with E-state index in [2.05, 4.69) is 0 Å². The molecular formula is C36H38O14S4. The molecule has 0 spiro atoms. The van der Waals surface area contributed by atoms with E-state index in [4.69, 9.17) is 38.6 Å². The summed E-state index contributed by atoms with van der Waals surface area (Å²) in [5.74, 6) is -1.10. The van der Waals surface area contributed by atoms with E-state index in [0.717, 1.165) is 59.1 Å². The Labute approximate surface area is 328 Å². The van der Waals surface area contributed by atoms with Crippen LogP contribution >= 0.6 is 47.0 Å². The molecule has 54 heavy (non-hydrogen) atoms. The third-order valence-corrected chi connectivity index (χ3v) is 12.8. The van der Waals surface area contributed by atoms with E-state index in [0.29, 0.717) is 23.7 Å². The van der Waals surface area contributed by atoms with Crippen molar-refractivity contribution in [3.05, 3.63) is 72.8 Å². The predicted octanol–water partition coefficient (Wildman–Crippen LogP) is 4.70. The number of rotatable bonds is 19. The molecule has 0 saturated carbocycles. The van der Waals surface area contributed by atoms with Crippen molar-refractivity contribution >= 4 is 82.9 Å². The van der Waals surface area contributed by atoms with Gasteiger partial charge >= 0.3 is 35.8 Å². The van der Waals surface area contributed by atoms with Gasteiger partial charge in [-0.15, -0.1) is 47.0 Å². The second-order valence-electron chi connectivity index (χ2n) is 11.2. The van der Waals surface area contributed by atoms with Gasteiger partial charge in [0.1, 0.15) is 47.1 Å². The smallest absolute Gasteiger partial charge is 0.331 e. The van der Waals surface area contributed by atoms with Crippen LogP contribution in [0.1, 0.15) is 12.8 Å². The van der Waals surface area contributed by atoms with Crippen LogP contribution in [0.15, 0.2) is 72.8 Å². The number of esters is 4. The standard InChI is InChI=1S/C36H38O14S4/c37-29(38)11-13-31(41)49-27(21-47-33(43)35-51-15-1-16-52-35)19-45-25-7-3-23(4-8-25)24-5-9-26(10-6-24)46-20-28(50-32(42)14-12-30(39)40)22-48-34(44)36-53-17-2-18-54-36/h3-14,27-28,35-36H,1-2,15-22H2,(H,37,38)(H,39,40)/b13-11+,14-12+. The first-order valence-electron chi connectivity index (χ1n) is 16.5. The normalized spacial score (nSPS) is 16.2. The van der Waals surface area contributed by atoms with Crippen LogP contribution in [0.3, 0.4) is 0 Å². The van der Waals surface area contributed by atoms with Crippen LogP contribution in [0, 0.1) is 0 Å². The third kappa shape index (κ3) is 15.6. The molecule has 0 aliphatic carbocycles. The van der Waals surface area contributed by atoms with Gasteiger partial charge in [0.2, 0.25) is 0 Å². The molecule has 0 radical (unpaired) electrons. The van der Waals surface area contributed by atoms with Gasteiger partial charge in [0, 0.05) is 24.3 Å². The van der Waals surface area contributed by atoms with Gasteiger partial charge in [-0.25, -0.2) is 28.8 Å². The van der Waals surface area contributed by atoms with Crippen LogP contribution in [0.2, 0.25) is 0 Å². The highest BCUT2D eigenvalue weighted by Gasteiger charge is 2.27. The molecule has 2 N–H and O–H groups in total. The van der Waals surface area contributed by atoms with Gasteiger partial charge in [0.15, 0.2) is 12.2 Å². The average Bonchev–Trinajstić information content (AvgIpc) is 3.19. The first-order chi connectivity index (χ1) is 26.0. The summed E-state index contributed by atoms with van der Waals surface area (Å²) in [4.78, 5) is 71.0. The van der Waals surface area contributed by atoms with E-state index in [1.807, 2.05) is 0 Å². The first kappa shape index (κ1) is 42.5. The fourth-order valence-corrected chi connectivity index (χ4v) is 9.72. The number of aliphatic carboxylic acids is 2. The highest BCUT2D eigenvalue weighted by Crippen LogP contribution is 2.32. The summed E-state index contributed by atoms with van der Waals surface area (Å²) in [6.07, 6.45) is 2.81. The molecule has 2 unspecified atom stereocenters. The van der Waals surface area contributed by atoms with Crippen molar-refractivity contribution in [1.82, 2.24) is 0 Å². The Kier molecular flexibility index (Phi) is 18.0. The summed E-state index contributed by atoms with van der Waals surface area (Å²) in [6, 6.07) is 14.0. The maximum absolute atomic E-state index is 12.5. The molecule has 14 nitrogen and oxygen atoms in total. The number of hydrogen-bond acceptors (Lipinski definition) is 16. The summed E-state index contributed by atoms with van der Waals surface area (Å²) >= 11 is 5.96. The van der Waals surface area contributed by atoms with Gasteiger partial charge in [-0.05, 0) is 71.2 Å². The van der Waals surface area contributed by atoms with E-state index in [1.54, 1.807) is 48.5 Å².